The summed E-state index contributed by atoms with van der Waals surface area (Å²) < 4.78 is 28.3. The van der Waals surface area contributed by atoms with E-state index in [0.717, 1.165) is 10.5 Å². The summed E-state index contributed by atoms with van der Waals surface area (Å²) in [5.41, 5.74) is 0.954. The molecule has 2 atom stereocenters. The lowest BCUT2D eigenvalue weighted by molar-refractivity contribution is -0.908. The van der Waals surface area contributed by atoms with Crippen LogP contribution in [0.3, 0.4) is 0 Å². The van der Waals surface area contributed by atoms with Gasteiger partial charge in [0.15, 0.2) is 6.04 Å². The van der Waals surface area contributed by atoms with Crippen molar-refractivity contribution in [3.05, 3.63) is 29.8 Å². The van der Waals surface area contributed by atoms with E-state index < -0.39 is 6.61 Å². The average molecular weight is 273 g/mol. The van der Waals surface area contributed by atoms with Crippen molar-refractivity contribution < 1.29 is 23.2 Å². The second-order valence-corrected chi connectivity index (χ2v) is 4.38. The van der Waals surface area contributed by atoms with Crippen LogP contribution in [0.25, 0.3) is 0 Å². The van der Waals surface area contributed by atoms with Crippen LogP contribution in [-0.4, -0.2) is 32.7 Å². The van der Waals surface area contributed by atoms with Crippen LogP contribution >= 0.6 is 0 Å². The number of carbonyl (C=O) groups excluding carboxylic acids is 1. The monoisotopic (exact) mass is 273 g/mol. The Kier molecular flexibility index (Phi) is 5.69. The summed E-state index contributed by atoms with van der Waals surface area (Å²) in [6.07, 6.45) is 0. The van der Waals surface area contributed by atoms with E-state index in [1.165, 1.54) is 12.1 Å². The fourth-order valence-electron chi connectivity index (χ4n) is 1.70. The number of nitrogens with one attached hydrogen (secondary N) is 2. The molecule has 4 nitrogen and oxygen atoms in total. The Morgan fingerprint density at radius 2 is 1.95 bits per heavy atom. The summed E-state index contributed by atoms with van der Waals surface area (Å²) >= 11 is 0. The number of ether oxygens (including phenoxy) is 1. The van der Waals surface area contributed by atoms with Crippen molar-refractivity contribution in [3.63, 3.8) is 0 Å². The van der Waals surface area contributed by atoms with E-state index in [0.29, 0.717) is 6.54 Å². The molecule has 1 aromatic rings. The number of rotatable bonds is 6. The van der Waals surface area contributed by atoms with Gasteiger partial charge in [-0.05, 0) is 31.2 Å². The molecule has 0 fully saturated rings. The second kappa shape index (κ2) is 7.04. The fourth-order valence-corrected chi connectivity index (χ4v) is 1.70. The molecule has 6 heteroatoms. The molecule has 0 aliphatic heterocycles. The van der Waals surface area contributed by atoms with Gasteiger partial charge in [0.25, 0.3) is 5.91 Å². The van der Waals surface area contributed by atoms with Crippen LogP contribution in [0.5, 0.6) is 5.75 Å². The lowest BCUT2D eigenvalue weighted by atomic mass is 10.2. The summed E-state index contributed by atoms with van der Waals surface area (Å²) in [5.74, 6) is 0.103. The standard InChI is InChI=1S/C13H18F2N2O2/c1-9(12(18)16-2)17(3)8-10-4-6-11(7-5-10)19-13(14)15/h4-7,9,13H,8H2,1-3H3,(H,16,18)/p+1/t9-/m0/s1. The van der Waals surface area contributed by atoms with Gasteiger partial charge in [-0.3, -0.25) is 4.79 Å². The Hall–Kier alpha value is -1.69. The van der Waals surface area contributed by atoms with Crippen molar-refractivity contribution in [1.82, 2.24) is 5.32 Å². The minimum absolute atomic E-state index is 0.0323. The second-order valence-electron chi connectivity index (χ2n) is 4.38. The molecule has 0 spiro atoms. The van der Waals surface area contributed by atoms with Crippen molar-refractivity contribution in [2.45, 2.75) is 26.1 Å². The molecule has 1 rings (SSSR count). The zero-order chi connectivity index (χ0) is 14.4. The van der Waals surface area contributed by atoms with Crippen molar-refractivity contribution in [3.8, 4) is 5.75 Å². The first kappa shape index (κ1) is 15.4. The largest absolute Gasteiger partial charge is 0.435 e. The Balaban J connectivity index is 2.60. The number of alkyl halides is 2. The number of benzene rings is 1. The van der Waals surface area contributed by atoms with Crippen LogP contribution in [0.1, 0.15) is 12.5 Å². The van der Waals surface area contributed by atoms with Crippen LogP contribution in [0.4, 0.5) is 8.78 Å². The van der Waals surface area contributed by atoms with E-state index in [1.807, 2.05) is 14.0 Å². The molecule has 19 heavy (non-hydrogen) atoms. The zero-order valence-corrected chi connectivity index (χ0v) is 11.2. The van der Waals surface area contributed by atoms with E-state index in [9.17, 15) is 13.6 Å². The van der Waals surface area contributed by atoms with Crippen LogP contribution in [0, 0.1) is 0 Å². The van der Waals surface area contributed by atoms with Gasteiger partial charge < -0.3 is 15.0 Å². The highest BCUT2D eigenvalue weighted by atomic mass is 19.3. The maximum Gasteiger partial charge on any atom is 0.387 e. The van der Waals surface area contributed by atoms with Gasteiger partial charge in [0, 0.05) is 12.6 Å². The molecule has 0 aliphatic rings. The molecule has 1 unspecified atom stereocenters. The SMILES string of the molecule is CNC(=O)[C@H](C)[NH+](C)Cc1ccc(OC(F)F)cc1. The number of quaternary nitrogens is 1. The number of halogens is 2. The van der Waals surface area contributed by atoms with E-state index in [-0.39, 0.29) is 17.7 Å². The number of carbonyl (C=O) groups is 1. The Labute approximate surface area is 111 Å². The summed E-state index contributed by atoms with van der Waals surface area (Å²) in [6.45, 7) is -0.348. The highest BCUT2D eigenvalue weighted by molar-refractivity contribution is 5.79. The van der Waals surface area contributed by atoms with E-state index in [1.54, 1.807) is 19.2 Å². The van der Waals surface area contributed by atoms with Crippen molar-refractivity contribution in [1.29, 1.82) is 0 Å². The van der Waals surface area contributed by atoms with Gasteiger partial charge in [-0.25, -0.2) is 0 Å². The summed E-state index contributed by atoms with van der Waals surface area (Å²) in [6, 6.07) is 6.26. The first-order chi connectivity index (χ1) is 8.93. The molecule has 1 aromatic carbocycles. The van der Waals surface area contributed by atoms with E-state index in [2.05, 4.69) is 10.1 Å². The van der Waals surface area contributed by atoms with Crippen molar-refractivity contribution >= 4 is 5.91 Å². The van der Waals surface area contributed by atoms with Crippen LogP contribution in [0.2, 0.25) is 0 Å². The lowest BCUT2D eigenvalue weighted by Crippen LogP contribution is -3.12. The van der Waals surface area contributed by atoms with Gasteiger partial charge in [0.1, 0.15) is 12.3 Å². The molecule has 106 valence electrons. The summed E-state index contributed by atoms with van der Waals surface area (Å²) in [5, 5.41) is 2.60. The minimum atomic E-state index is -2.81. The van der Waals surface area contributed by atoms with Gasteiger partial charge in [-0.2, -0.15) is 8.78 Å². The molecule has 0 bridgehead atoms. The molecule has 2 N–H and O–H groups in total. The predicted molar refractivity (Wildman–Crippen MR) is 67.2 cm³/mol. The number of likely N-dealkylation sites (N-methyl/N-ethyl adjacent to an activating group) is 2. The fraction of sp³-hybridized carbons (Fsp3) is 0.462. The molecule has 0 heterocycles. The number of hydrogen-bond donors (Lipinski definition) is 2. The Morgan fingerprint density at radius 3 is 2.42 bits per heavy atom. The Bertz CT molecular complexity index is 410. The minimum Gasteiger partial charge on any atom is -0.435 e. The smallest absolute Gasteiger partial charge is 0.387 e. The highest BCUT2D eigenvalue weighted by Crippen LogP contribution is 2.14. The maximum absolute atomic E-state index is 12.0. The van der Waals surface area contributed by atoms with Gasteiger partial charge >= 0.3 is 6.61 Å². The third-order valence-corrected chi connectivity index (χ3v) is 3.01. The van der Waals surface area contributed by atoms with E-state index >= 15 is 0 Å². The number of hydrogen-bond acceptors (Lipinski definition) is 2. The van der Waals surface area contributed by atoms with Gasteiger partial charge in [0.2, 0.25) is 0 Å². The molecule has 0 aliphatic carbocycles. The van der Waals surface area contributed by atoms with Crippen LogP contribution in [-0.2, 0) is 11.3 Å². The summed E-state index contributed by atoms with van der Waals surface area (Å²) in [4.78, 5) is 12.5. The maximum atomic E-state index is 12.0. The third-order valence-electron chi connectivity index (χ3n) is 3.01. The zero-order valence-electron chi connectivity index (χ0n) is 11.2. The molecule has 0 aromatic heterocycles. The van der Waals surface area contributed by atoms with Gasteiger partial charge in [0.05, 0.1) is 7.05 Å². The predicted octanol–water partition coefficient (Wildman–Crippen LogP) is 0.437. The first-order valence-corrected chi connectivity index (χ1v) is 6.01. The van der Waals surface area contributed by atoms with Crippen molar-refractivity contribution in [2.75, 3.05) is 14.1 Å². The first-order valence-electron chi connectivity index (χ1n) is 6.01. The highest BCUT2D eigenvalue weighted by Gasteiger charge is 2.20. The molecule has 0 saturated heterocycles. The average Bonchev–Trinajstić information content (AvgIpc) is 2.38. The summed E-state index contributed by atoms with van der Waals surface area (Å²) in [7, 11) is 3.51. The molecule has 1 amide bonds. The van der Waals surface area contributed by atoms with Gasteiger partial charge in [-0.15, -0.1) is 0 Å². The molecule has 0 saturated carbocycles. The molecular formula is C13H19F2N2O2+. The molecule has 0 radical (unpaired) electrons. The van der Waals surface area contributed by atoms with Crippen LogP contribution in [0.15, 0.2) is 24.3 Å². The molecular weight excluding hydrogens is 254 g/mol. The van der Waals surface area contributed by atoms with Gasteiger partial charge in [-0.1, -0.05) is 0 Å². The quantitative estimate of drug-likeness (QED) is 0.790. The number of amides is 1. The lowest BCUT2D eigenvalue weighted by Gasteiger charge is -2.20. The topological polar surface area (TPSA) is 42.8 Å². The van der Waals surface area contributed by atoms with Crippen LogP contribution < -0.4 is 15.0 Å². The van der Waals surface area contributed by atoms with Crippen molar-refractivity contribution in [2.24, 2.45) is 0 Å². The third kappa shape index (κ3) is 4.82. The normalized spacial score (nSPS) is 14.0. The van der Waals surface area contributed by atoms with E-state index in [4.69, 9.17) is 0 Å². The Morgan fingerprint density at radius 1 is 1.37 bits per heavy atom.